The summed E-state index contributed by atoms with van der Waals surface area (Å²) in [6, 6.07) is 5.98. The molecule has 0 saturated carbocycles. The van der Waals surface area contributed by atoms with Gasteiger partial charge in [0.25, 0.3) is 0 Å². The van der Waals surface area contributed by atoms with Crippen LogP contribution in [0.25, 0.3) is 10.9 Å². The van der Waals surface area contributed by atoms with Crippen molar-refractivity contribution in [3.05, 3.63) is 35.2 Å². The first-order valence-corrected chi connectivity index (χ1v) is 4.02. The van der Waals surface area contributed by atoms with Crippen LogP contribution < -0.4 is 0 Å². The number of rotatable bonds is 0. The van der Waals surface area contributed by atoms with E-state index in [2.05, 4.69) is 9.97 Å². The monoisotopic (exact) mass is 178 g/mol. The molecule has 1 heterocycles. The predicted octanol–water partition coefficient (Wildman–Crippen LogP) is 2.59. The van der Waals surface area contributed by atoms with E-state index in [0.29, 0.717) is 5.28 Å². The fraction of sp³-hybridized carbons (Fsp3) is 0.111. The zero-order valence-corrected chi connectivity index (χ0v) is 7.34. The van der Waals surface area contributed by atoms with Crippen LogP contribution in [0.15, 0.2) is 24.4 Å². The first-order chi connectivity index (χ1) is 5.75. The summed E-state index contributed by atoms with van der Waals surface area (Å²) in [7, 11) is 0. The molecule has 3 heteroatoms. The number of aryl methyl sites for hydroxylation is 1. The summed E-state index contributed by atoms with van der Waals surface area (Å²) in [5, 5.41) is 1.32. The Kier molecular flexibility index (Phi) is 1.70. The molecule has 0 radical (unpaired) electrons. The maximum absolute atomic E-state index is 5.64. The topological polar surface area (TPSA) is 25.8 Å². The molecule has 0 aliphatic carbocycles. The first-order valence-electron chi connectivity index (χ1n) is 3.64. The van der Waals surface area contributed by atoms with Gasteiger partial charge in [-0.25, -0.2) is 9.97 Å². The van der Waals surface area contributed by atoms with Gasteiger partial charge >= 0.3 is 0 Å². The Hall–Kier alpha value is -1.15. The van der Waals surface area contributed by atoms with E-state index >= 15 is 0 Å². The molecule has 0 amide bonds. The first kappa shape index (κ1) is 7.50. The van der Waals surface area contributed by atoms with Crippen LogP contribution in [-0.2, 0) is 0 Å². The molecule has 0 bridgehead atoms. The van der Waals surface area contributed by atoms with Gasteiger partial charge in [-0.2, -0.15) is 0 Å². The number of nitrogens with zero attached hydrogens (tertiary/aromatic N) is 2. The van der Waals surface area contributed by atoms with E-state index in [0.717, 1.165) is 10.9 Å². The molecule has 2 nitrogen and oxygen atoms in total. The lowest BCUT2D eigenvalue weighted by molar-refractivity contribution is 1.22. The van der Waals surface area contributed by atoms with Crippen molar-refractivity contribution in [1.29, 1.82) is 0 Å². The molecule has 0 N–H and O–H groups in total. The number of benzene rings is 1. The van der Waals surface area contributed by atoms with Crippen LogP contribution in [0, 0.1) is 6.92 Å². The highest BCUT2D eigenvalue weighted by atomic mass is 35.5. The maximum atomic E-state index is 5.64. The lowest BCUT2D eigenvalue weighted by atomic mass is 10.2. The van der Waals surface area contributed by atoms with E-state index in [4.69, 9.17) is 11.6 Å². The Morgan fingerprint density at radius 1 is 1.33 bits per heavy atom. The summed E-state index contributed by atoms with van der Waals surface area (Å²) in [5.74, 6) is 0. The summed E-state index contributed by atoms with van der Waals surface area (Å²) < 4.78 is 0. The van der Waals surface area contributed by atoms with Crippen molar-refractivity contribution in [2.45, 2.75) is 6.92 Å². The van der Waals surface area contributed by atoms with Crippen molar-refractivity contribution in [1.82, 2.24) is 9.97 Å². The molecular formula is C9H7ClN2. The largest absolute Gasteiger partial charge is 0.226 e. The van der Waals surface area contributed by atoms with Gasteiger partial charge in [-0.15, -0.1) is 0 Å². The number of halogens is 1. The van der Waals surface area contributed by atoms with Crippen molar-refractivity contribution >= 4 is 22.5 Å². The molecular weight excluding hydrogens is 172 g/mol. The highest BCUT2D eigenvalue weighted by Gasteiger charge is 1.96. The van der Waals surface area contributed by atoms with Crippen molar-refractivity contribution in [3.63, 3.8) is 0 Å². The van der Waals surface area contributed by atoms with Gasteiger partial charge in [0.2, 0.25) is 5.28 Å². The minimum atomic E-state index is 0.298. The number of aromatic nitrogens is 2. The third-order valence-corrected chi connectivity index (χ3v) is 1.89. The molecule has 1 aromatic heterocycles. The molecule has 0 atom stereocenters. The van der Waals surface area contributed by atoms with E-state index in [1.54, 1.807) is 6.20 Å². The van der Waals surface area contributed by atoms with Crippen molar-refractivity contribution in [2.24, 2.45) is 0 Å². The third-order valence-electron chi connectivity index (χ3n) is 1.71. The summed E-state index contributed by atoms with van der Waals surface area (Å²) in [6.45, 7) is 2.04. The molecule has 2 rings (SSSR count). The summed E-state index contributed by atoms with van der Waals surface area (Å²) in [6.07, 6.45) is 1.73. The standard InChI is InChI=1S/C9H7ClN2/c1-6-2-3-8-7(4-6)5-11-9(10)12-8/h2-5H,1H3. The molecule has 0 spiro atoms. The fourth-order valence-electron chi connectivity index (χ4n) is 1.13. The van der Waals surface area contributed by atoms with Crippen LogP contribution >= 0.6 is 11.6 Å². The smallest absolute Gasteiger partial charge is 0.222 e. The quantitative estimate of drug-likeness (QED) is 0.580. The Morgan fingerprint density at radius 3 is 3.00 bits per heavy atom. The molecule has 2 aromatic rings. The van der Waals surface area contributed by atoms with Crippen LogP contribution in [0.1, 0.15) is 5.56 Å². The maximum Gasteiger partial charge on any atom is 0.222 e. The van der Waals surface area contributed by atoms with Crippen LogP contribution in [-0.4, -0.2) is 9.97 Å². The van der Waals surface area contributed by atoms with Gasteiger partial charge in [0.05, 0.1) is 5.52 Å². The van der Waals surface area contributed by atoms with Crippen LogP contribution in [0.5, 0.6) is 0 Å². The van der Waals surface area contributed by atoms with Gasteiger partial charge < -0.3 is 0 Å². The number of fused-ring (bicyclic) bond motifs is 1. The molecule has 0 saturated heterocycles. The van der Waals surface area contributed by atoms with Gasteiger partial charge in [-0.3, -0.25) is 0 Å². The minimum Gasteiger partial charge on any atom is -0.226 e. The normalized spacial score (nSPS) is 10.5. The second kappa shape index (κ2) is 2.72. The van der Waals surface area contributed by atoms with Gasteiger partial charge in [-0.05, 0) is 30.7 Å². The van der Waals surface area contributed by atoms with Gasteiger partial charge in [0.15, 0.2) is 0 Å². The van der Waals surface area contributed by atoms with Gasteiger partial charge in [0, 0.05) is 11.6 Å². The molecule has 0 unspecified atom stereocenters. The van der Waals surface area contributed by atoms with Crippen molar-refractivity contribution in [3.8, 4) is 0 Å². The molecule has 0 fully saturated rings. The van der Waals surface area contributed by atoms with Crippen molar-refractivity contribution in [2.75, 3.05) is 0 Å². The van der Waals surface area contributed by atoms with E-state index in [1.165, 1.54) is 5.56 Å². The third kappa shape index (κ3) is 1.25. The highest BCUT2D eigenvalue weighted by molar-refractivity contribution is 6.28. The van der Waals surface area contributed by atoms with E-state index < -0.39 is 0 Å². The number of hydrogen-bond donors (Lipinski definition) is 0. The average molecular weight is 179 g/mol. The summed E-state index contributed by atoms with van der Waals surface area (Å²) in [5.41, 5.74) is 2.09. The Labute approximate surface area is 75.2 Å². The molecule has 60 valence electrons. The zero-order valence-electron chi connectivity index (χ0n) is 6.58. The van der Waals surface area contributed by atoms with E-state index in [1.807, 2.05) is 25.1 Å². The van der Waals surface area contributed by atoms with Gasteiger partial charge in [-0.1, -0.05) is 11.6 Å². The lowest BCUT2D eigenvalue weighted by Gasteiger charge is -1.97. The second-order valence-electron chi connectivity index (χ2n) is 2.70. The van der Waals surface area contributed by atoms with Gasteiger partial charge in [0.1, 0.15) is 0 Å². The van der Waals surface area contributed by atoms with E-state index in [9.17, 15) is 0 Å². The summed E-state index contributed by atoms with van der Waals surface area (Å²) >= 11 is 5.64. The molecule has 0 aliphatic rings. The van der Waals surface area contributed by atoms with Crippen LogP contribution in [0.2, 0.25) is 5.28 Å². The van der Waals surface area contributed by atoms with Crippen LogP contribution in [0.4, 0.5) is 0 Å². The Bertz CT molecular complexity index is 385. The number of hydrogen-bond acceptors (Lipinski definition) is 2. The minimum absolute atomic E-state index is 0.298. The molecule has 0 aliphatic heterocycles. The predicted molar refractivity (Wildman–Crippen MR) is 49.3 cm³/mol. The SMILES string of the molecule is Cc1ccc2nc(Cl)ncc2c1. The summed E-state index contributed by atoms with van der Waals surface area (Å²) in [4.78, 5) is 7.97. The zero-order chi connectivity index (χ0) is 8.55. The Balaban J connectivity index is 2.79. The highest BCUT2D eigenvalue weighted by Crippen LogP contribution is 2.13. The molecule has 12 heavy (non-hydrogen) atoms. The average Bonchev–Trinajstić information content (AvgIpc) is 2.05. The fourth-order valence-corrected chi connectivity index (χ4v) is 1.27. The van der Waals surface area contributed by atoms with Crippen LogP contribution in [0.3, 0.4) is 0 Å². The Morgan fingerprint density at radius 2 is 2.17 bits per heavy atom. The van der Waals surface area contributed by atoms with E-state index in [-0.39, 0.29) is 0 Å². The lowest BCUT2D eigenvalue weighted by Crippen LogP contribution is -1.83. The molecule has 1 aromatic carbocycles. The second-order valence-corrected chi connectivity index (χ2v) is 3.04. The van der Waals surface area contributed by atoms with Crippen molar-refractivity contribution < 1.29 is 0 Å².